The summed E-state index contributed by atoms with van der Waals surface area (Å²) in [7, 11) is 0. The molecule has 0 unspecified atom stereocenters. The minimum Gasteiger partial charge on any atom is -0.351 e. The molecule has 3 amide bonds. The maximum Gasteiger partial charge on any atom is 0.416 e. The van der Waals surface area contributed by atoms with E-state index in [9.17, 15) is 40.7 Å². The van der Waals surface area contributed by atoms with Crippen LogP contribution < -0.4 is 20.9 Å². The molecule has 0 atom stereocenters. The largest absolute Gasteiger partial charge is 0.416 e. The van der Waals surface area contributed by atoms with Crippen LogP contribution in [0.25, 0.3) is 0 Å². The first-order valence-electron chi connectivity index (χ1n) is 13.9. The Labute approximate surface area is 267 Å². The number of halogens is 7. The van der Waals surface area contributed by atoms with Gasteiger partial charge in [0, 0.05) is 23.3 Å². The topological polar surface area (TPSA) is 121 Å². The monoisotopic (exact) mass is 679 g/mol. The van der Waals surface area contributed by atoms with Crippen molar-refractivity contribution in [3.05, 3.63) is 106 Å². The number of benzene rings is 2. The molecule has 17 heteroatoms. The summed E-state index contributed by atoms with van der Waals surface area (Å²) in [5.41, 5.74) is -1.09. The first-order valence-corrected chi connectivity index (χ1v) is 14.2. The van der Waals surface area contributed by atoms with E-state index in [2.05, 4.69) is 25.9 Å². The molecule has 0 aliphatic carbocycles. The van der Waals surface area contributed by atoms with Gasteiger partial charge >= 0.3 is 6.18 Å². The molecule has 4 heterocycles. The van der Waals surface area contributed by atoms with E-state index < -0.39 is 47.0 Å². The van der Waals surface area contributed by atoms with Crippen LogP contribution in [-0.4, -0.2) is 51.5 Å². The first kappa shape index (κ1) is 33.2. The van der Waals surface area contributed by atoms with E-state index in [0.717, 1.165) is 0 Å². The molecule has 2 aromatic heterocycles. The van der Waals surface area contributed by atoms with Crippen molar-refractivity contribution in [1.29, 1.82) is 0 Å². The molecule has 3 N–H and O–H groups in total. The molecule has 4 aromatic rings. The number of pyridine rings is 1. The second kappa shape index (κ2) is 13.7. The lowest BCUT2D eigenvalue weighted by Gasteiger charge is -2.35. The highest BCUT2D eigenvalue weighted by Gasteiger charge is 2.33. The Morgan fingerprint density at radius 3 is 2.34 bits per heavy atom. The second-order valence-corrected chi connectivity index (χ2v) is 10.9. The Hall–Kier alpha value is -5.12. The van der Waals surface area contributed by atoms with Gasteiger partial charge in [0.1, 0.15) is 30.2 Å². The third-order valence-corrected chi connectivity index (χ3v) is 7.23. The van der Waals surface area contributed by atoms with Gasteiger partial charge in [0.05, 0.1) is 30.9 Å². The lowest BCUT2D eigenvalue weighted by molar-refractivity contribution is -0.137. The van der Waals surface area contributed by atoms with Crippen molar-refractivity contribution in [2.45, 2.75) is 32.0 Å². The van der Waals surface area contributed by atoms with Crippen molar-refractivity contribution in [1.82, 2.24) is 25.2 Å². The van der Waals surface area contributed by atoms with Crippen LogP contribution in [0.3, 0.4) is 0 Å². The number of anilines is 2. The molecular weight excluding hydrogens is 656 g/mol. The number of hydrogen-bond donors (Lipinski definition) is 3. The number of nitrogens with zero attached hydrogens (tertiary/aromatic N) is 4. The normalized spacial score (nSPS) is 14.3. The van der Waals surface area contributed by atoms with Gasteiger partial charge in [-0.2, -0.15) is 13.2 Å². The highest BCUT2D eigenvalue weighted by molar-refractivity contribution is 6.30. The van der Waals surface area contributed by atoms with Crippen molar-refractivity contribution in [2.24, 2.45) is 0 Å². The highest BCUT2D eigenvalue weighted by atomic mass is 35.5. The molecule has 246 valence electrons. The second-order valence-electron chi connectivity index (χ2n) is 10.4. The lowest BCUT2D eigenvalue weighted by atomic mass is 10.1. The molecule has 6 rings (SSSR count). The number of carbonyl (C=O) groups is 3. The van der Waals surface area contributed by atoms with Crippen molar-refractivity contribution in [2.75, 3.05) is 23.3 Å². The third-order valence-electron chi connectivity index (χ3n) is 6.98. The summed E-state index contributed by atoms with van der Waals surface area (Å²) < 4.78 is 79.3. The van der Waals surface area contributed by atoms with E-state index in [0.29, 0.717) is 28.5 Å². The van der Waals surface area contributed by atoms with Gasteiger partial charge < -0.3 is 25.4 Å². The van der Waals surface area contributed by atoms with Crippen LogP contribution >= 0.6 is 11.6 Å². The predicted octanol–water partition coefficient (Wildman–Crippen LogP) is 4.89. The summed E-state index contributed by atoms with van der Waals surface area (Å²) in [5, 5.41) is 8.05. The highest BCUT2D eigenvalue weighted by Crippen LogP contribution is 2.31. The fraction of sp³-hybridized carbons (Fsp3) is 0.233. The third kappa shape index (κ3) is 8.19. The minimum absolute atomic E-state index is 0.0391. The molecule has 2 aromatic carbocycles. The number of rotatable bonds is 6. The van der Waals surface area contributed by atoms with Gasteiger partial charge in [0.25, 0.3) is 11.8 Å². The van der Waals surface area contributed by atoms with Crippen molar-refractivity contribution in [3.63, 3.8) is 0 Å². The van der Waals surface area contributed by atoms with Gasteiger partial charge in [-0.05, 0) is 54.1 Å². The van der Waals surface area contributed by atoms with E-state index in [1.807, 2.05) is 0 Å². The Morgan fingerprint density at radius 2 is 1.72 bits per heavy atom. The summed E-state index contributed by atoms with van der Waals surface area (Å²) in [6.45, 7) is 0.165. The maximum absolute atomic E-state index is 13.8. The average molecular weight is 680 g/mol. The number of fused-ring (bicyclic) bond motifs is 1. The quantitative estimate of drug-likeness (QED) is 0.250. The summed E-state index contributed by atoms with van der Waals surface area (Å²) in [6, 6.07) is 10.5. The van der Waals surface area contributed by atoms with E-state index in [1.54, 1.807) is 17.0 Å². The van der Waals surface area contributed by atoms with E-state index in [4.69, 9.17) is 11.6 Å². The maximum atomic E-state index is 13.8. The fourth-order valence-corrected chi connectivity index (χ4v) is 4.69. The molecule has 47 heavy (non-hydrogen) atoms. The standard InChI is InChI=1S/C24H20F5N7O3.C6H4ClF/c25-15-4-13(3-14(5-15)24(27,28)29)22(38)34-20-17-8-31-19(37)11-36(17)21(33-20)23(39)32-7-12-1-2-18(30-6-12)35-9-16(26)10-35;7-5-1-3-6(8)4-2-5/h1-6,16H,7-11H2,(H,31,37)(H,32,39)(H,34,38);1-4H. The van der Waals surface area contributed by atoms with Gasteiger partial charge in [-0.25, -0.2) is 23.1 Å². The van der Waals surface area contributed by atoms with Crippen LogP contribution in [0, 0.1) is 11.6 Å². The lowest BCUT2D eigenvalue weighted by Crippen LogP contribution is -2.48. The molecule has 0 spiro atoms. The zero-order valence-electron chi connectivity index (χ0n) is 24.0. The minimum atomic E-state index is -4.87. The van der Waals surface area contributed by atoms with Crippen LogP contribution in [0.2, 0.25) is 5.02 Å². The van der Waals surface area contributed by atoms with Crippen molar-refractivity contribution < 1.29 is 40.7 Å². The smallest absolute Gasteiger partial charge is 0.351 e. The SMILES string of the molecule is Fc1ccc(Cl)cc1.O=C1Cn2c(C(=O)NCc3ccc(N4CC(F)C4)nc3)nc(NC(=O)c3cc(F)cc(C(F)(F)F)c3)c2CN1. The van der Waals surface area contributed by atoms with Gasteiger partial charge in [-0.3, -0.25) is 14.4 Å². The van der Waals surface area contributed by atoms with Gasteiger partial charge in [0.2, 0.25) is 11.7 Å². The average Bonchev–Trinajstić information content (AvgIpc) is 3.36. The number of amides is 3. The van der Waals surface area contributed by atoms with E-state index in [-0.39, 0.29) is 61.9 Å². The number of carbonyl (C=O) groups excluding carboxylic acids is 3. The number of alkyl halides is 4. The molecule has 0 radical (unpaired) electrons. The zero-order valence-corrected chi connectivity index (χ0v) is 24.8. The number of imidazole rings is 1. The van der Waals surface area contributed by atoms with Crippen molar-refractivity contribution >= 4 is 41.0 Å². The number of hydrogen-bond acceptors (Lipinski definition) is 6. The van der Waals surface area contributed by atoms with Crippen LogP contribution in [0.5, 0.6) is 0 Å². The molecule has 1 saturated heterocycles. The fourth-order valence-electron chi connectivity index (χ4n) is 4.57. The van der Waals surface area contributed by atoms with Crippen molar-refractivity contribution in [3.8, 4) is 0 Å². The van der Waals surface area contributed by atoms with Crippen LogP contribution in [0.4, 0.5) is 38.0 Å². The Morgan fingerprint density at radius 1 is 1.00 bits per heavy atom. The molecule has 0 saturated carbocycles. The van der Waals surface area contributed by atoms with Crippen LogP contribution in [0.15, 0.2) is 60.8 Å². The Bertz CT molecular complexity index is 1770. The summed E-state index contributed by atoms with van der Waals surface area (Å²) in [6.07, 6.45) is -4.23. The van der Waals surface area contributed by atoms with Crippen LogP contribution in [-0.2, 0) is 30.6 Å². The van der Waals surface area contributed by atoms with Gasteiger partial charge in [0.15, 0.2) is 5.82 Å². The summed E-state index contributed by atoms with van der Waals surface area (Å²) in [5.74, 6) is -3.50. The molecule has 10 nitrogen and oxygen atoms in total. The van der Waals surface area contributed by atoms with Gasteiger partial charge in [-0.15, -0.1) is 0 Å². The molecule has 2 aliphatic rings. The van der Waals surface area contributed by atoms with E-state index >= 15 is 0 Å². The molecule has 1 fully saturated rings. The predicted molar refractivity (Wildman–Crippen MR) is 157 cm³/mol. The van der Waals surface area contributed by atoms with Crippen LogP contribution in [0.1, 0.15) is 37.8 Å². The molecule has 0 bridgehead atoms. The Balaban J connectivity index is 0.000000474. The molecule has 2 aliphatic heterocycles. The number of aromatic nitrogens is 3. The summed E-state index contributed by atoms with van der Waals surface area (Å²) >= 11 is 5.44. The molecular formula is C30H24ClF6N7O3. The van der Waals surface area contributed by atoms with Gasteiger partial charge in [-0.1, -0.05) is 17.7 Å². The zero-order chi connectivity index (χ0) is 33.9. The number of nitrogens with one attached hydrogen (secondary N) is 3. The first-order chi connectivity index (χ1) is 22.3. The summed E-state index contributed by atoms with van der Waals surface area (Å²) in [4.78, 5) is 47.7. The van der Waals surface area contributed by atoms with E-state index in [1.165, 1.54) is 35.0 Å². The Kier molecular flexibility index (Phi) is 9.69.